The molecule has 0 heterocycles. The van der Waals surface area contributed by atoms with Gasteiger partial charge in [-0.05, 0) is 77.0 Å². The summed E-state index contributed by atoms with van der Waals surface area (Å²) >= 11 is 0. The van der Waals surface area contributed by atoms with Crippen molar-refractivity contribution in [3.05, 3.63) is 23.8 Å². The number of carbonyl (C=O) groups is 4. The van der Waals surface area contributed by atoms with E-state index < -0.39 is 47.8 Å². The summed E-state index contributed by atoms with van der Waals surface area (Å²) in [7, 11) is 0. The molecule has 0 aromatic heterocycles. The number of ether oxygens (including phenoxy) is 6. The Hall–Kier alpha value is -3.54. The van der Waals surface area contributed by atoms with Crippen LogP contribution >= 0.6 is 0 Å². The molecule has 0 aliphatic rings. The van der Waals surface area contributed by atoms with Gasteiger partial charge in [-0.25, -0.2) is 19.2 Å². The Morgan fingerprint density at radius 2 is 1.30 bits per heavy atom. The Bertz CT molecular complexity index is 1120. The van der Waals surface area contributed by atoms with Crippen LogP contribution < -0.4 is 14.8 Å². The molecule has 0 spiro atoms. The van der Waals surface area contributed by atoms with E-state index in [9.17, 15) is 24.3 Å². The quantitative estimate of drug-likeness (QED) is 0.0962. The molecule has 43 heavy (non-hydrogen) atoms. The van der Waals surface area contributed by atoms with Crippen LogP contribution in [0, 0.1) is 5.41 Å². The van der Waals surface area contributed by atoms with E-state index in [2.05, 4.69) is 5.32 Å². The first kappa shape index (κ1) is 37.5. The van der Waals surface area contributed by atoms with Gasteiger partial charge in [0.15, 0.2) is 11.5 Å². The molecule has 0 bridgehead atoms. The topological polar surface area (TPSA) is 156 Å². The average molecular weight is 612 g/mol. The van der Waals surface area contributed by atoms with Crippen LogP contribution in [0.3, 0.4) is 0 Å². The monoisotopic (exact) mass is 611 g/mol. The van der Waals surface area contributed by atoms with Crippen LogP contribution in [-0.2, 0) is 30.2 Å². The van der Waals surface area contributed by atoms with Crippen molar-refractivity contribution in [2.75, 3.05) is 6.61 Å². The van der Waals surface area contributed by atoms with Crippen molar-refractivity contribution in [3.8, 4) is 11.5 Å². The fraction of sp³-hybridized carbons (Fsp3) is 0.677. The smallest absolute Gasteiger partial charge is 0.477 e. The third kappa shape index (κ3) is 13.1. The van der Waals surface area contributed by atoms with Gasteiger partial charge in [0.25, 0.3) is 5.72 Å². The van der Waals surface area contributed by atoms with Crippen LogP contribution in [0.5, 0.6) is 11.5 Å². The van der Waals surface area contributed by atoms with Crippen molar-refractivity contribution in [1.29, 1.82) is 0 Å². The number of carboxylic acid groups (broad SMARTS) is 1. The molecular formula is C31H49NO11. The molecule has 1 rings (SSSR count). The maximum atomic E-state index is 12.7. The molecule has 0 saturated heterocycles. The van der Waals surface area contributed by atoms with E-state index >= 15 is 0 Å². The summed E-state index contributed by atoms with van der Waals surface area (Å²) in [6.07, 6.45) is -2.15. The number of carbonyl (C=O) groups excluding carboxylic acids is 3. The zero-order chi connectivity index (χ0) is 33.2. The normalized spacial score (nSPS) is 14.1. The van der Waals surface area contributed by atoms with Crippen LogP contribution in [-0.4, -0.2) is 59.1 Å². The predicted octanol–water partition coefficient (Wildman–Crippen LogP) is 7.01. The first-order valence-corrected chi connectivity index (χ1v) is 14.5. The van der Waals surface area contributed by atoms with Crippen molar-refractivity contribution in [2.45, 2.75) is 125 Å². The lowest BCUT2D eigenvalue weighted by Crippen LogP contribution is -2.59. The Balaban J connectivity index is 3.52. The summed E-state index contributed by atoms with van der Waals surface area (Å²) in [6, 6.07) is 3.68. The number of aliphatic carboxylic acids is 1. The molecule has 12 heteroatoms. The van der Waals surface area contributed by atoms with Crippen molar-refractivity contribution in [1.82, 2.24) is 5.32 Å². The minimum Gasteiger partial charge on any atom is -0.477 e. The van der Waals surface area contributed by atoms with Gasteiger partial charge in [-0.1, -0.05) is 47.6 Å². The predicted molar refractivity (Wildman–Crippen MR) is 158 cm³/mol. The van der Waals surface area contributed by atoms with E-state index in [-0.39, 0.29) is 35.1 Å². The first-order valence-electron chi connectivity index (χ1n) is 14.5. The van der Waals surface area contributed by atoms with E-state index in [0.29, 0.717) is 19.3 Å². The van der Waals surface area contributed by atoms with Crippen LogP contribution in [0.15, 0.2) is 18.2 Å². The molecule has 2 N–H and O–H groups in total. The highest BCUT2D eigenvalue weighted by Crippen LogP contribution is 2.33. The van der Waals surface area contributed by atoms with Crippen LogP contribution in [0.1, 0.15) is 101 Å². The van der Waals surface area contributed by atoms with Crippen molar-refractivity contribution in [3.63, 3.8) is 0 Å². The van der Waals surface area contributed by atoms with Gasteiger partial charge in [-0.15, -0.1) is 0 Å². The lowest BCUT2D eigenvalue weighted by Gasteiger charge is -2.33. The van der Waals surface area contributed by atoms with Gasteiger partial charge < -0.3 is 33.5 Å². The van der Waals surface area contributed by atoms with Crippen molar-refractivity contribution >= 4 is 24.4 Å². The number of rotatable bonds is 14. The number of benzene rings is 1. The van der Waals surface area contributed by atoms with Crippen LogP contribution in [0.2, 0.25) is 0 Å². The number of nitrogens with one attached hydrogen (secondary N) is 1. The van der Waals surface area contributed by atoms with Gasteiger partial charge in [0.1, 0.15) is 11.2 Å². The Labute approximate surface area is 254 Å². The number of hydrogen-bond donors (Lipinski definition) is 2. The average Bonchev–Trinajstić information content (AvgIpc) is 2.87. The minimum absolute atomic E-state index is 0.00392. The Morgan fingerprint density at radius 1 is 0.791 bits per heavy atom. The molecule has 0 fully saturated rings. The zero-order valence-corrected chi connectivity index (χ0v) is 27.4. The van der Waals surface area contributed by atoms with Crippen molar-refractivity contribution in [2.24, 2.45) is 5.41 Å². The second kappa shape index (κ2) is 15.3. The minimum atomic E-state index is -2.25. The summed E-state index contributed by atoms with van der Waals surface area (Å²) in [4.78, 5) is 50.5. The van der Waals surface area contributed by atoms with Gasteiger partial charge in [0, 0.05) is 12.5 Å². The van der Waals surface area contributed by atoms with Gasteiger partial charge >= 0.3 is 24.4 Å². The molecule has 1 unspecified atom stereocenters. The fourth-order valence-electron chi connectivity index (χ4n) is 3.18. The highest BCUT2D eigenvalue weighted by molar-refractivity contribution is 5.80. The molecule has 2 atom stereocenters. The lowest BCUT2D eigenvalue weighted by atomic mass is 9.99. The van der Waals surface area contributed by atoms with Gasteiger partial charge in [-0.3, -0.25) is 5.32 Å². The second-order valence-corrected chi connectivity index (χ2v) is 12.9. The molecular weight excluding hydrogens is 562 g/mol. The molecule has 0 saturated carbocycles. The molecule has 12 nitrogen and oxygen atoms in total. The highest BCUT2D eigenvalue weighted by Gasteiger charge is 2.45. The van der Waals surface area contributed by atoms with E-state index in [4.69, 9.17) is 28.4 Å². The summed E-state index contributed by atoms with van der Waals surface area (Å²) < 4.78 is 32.1. The third-order valence-corrected chi connectivity index (χ3v) is 6.59. The maximum absolute atomic E-state index is 12.7. The van der Waals surface area contributed by atoms with E-state index in [1.807, 2.05) is 41.5 Å². The Kier molecular flexibility index (Phi) is 13.3. The number of carboxylic acids is 1. The lowest BCUT2D eigenvalue weighted by molar-refractivity contribution is -0.167. The van der Waals surface area contributed by atoms with Gasteiger partial charge in [-0.2, -0.15) is 0 Å². The number of hydrogen-bond acceptors (Lipinski definition) is 11. The first-order chi connectivity index (χ1) is 19.7. The molecule has 1 aromatic rings. The second-order valence-electron chi connectivity index (χ2n) is 12.9. The summed E-state index contributed by atoms with van der Waals surface area (Å²) in [6.45, 7) is 19.6. The summed E-state index contributed by atoms with van der Waals surface area (Å²) in [5, 5.41) is 13.2. The van der Waals surface area contributed by atoms with Crippen LogP contribution in [0.25, 0.3) is 0 Å². The van der Waals surface area contributed by atoms with E-state index in [1.165, 1.54) is 18.2 Å². The highest BCUT2D eigenvalue weighted by atomic mass is 16.8. The standard InChI is InChI=1S/C31H49NO11/c1-12-20(4)32-31(24(33)34,43-25(35)38-19-28(5,6)7)18-21-15-16-22(39-26(36)41-29(8,9)13-2)23(17-21)40-27(37)42-30(10,11)14-3/h15-17,20,32H,12-14,18-19H2,1-11H3,(H,33,34)/t20?,31-/m0/s1. The van der Waals surface area contributed by atoms with E-state index in [0.717, 1.165) is 0 Å². The molecule has 0 radical (unpaired) electrons. The zero-order valence-electron chi connectivity index (χ0n) is 27.4. The van der Waals surface area contributed by atoms with E-state index in [1.54, 1.807) is 34.6 Å². The molecule has 0 aliphatic carbocycles. The van der Waals surface area contributed by atoms with Crippen molar-refractivity contribution < 1.29 is 52.7 Å². The maximum Gasteiger partial charge on any atom is 0.514 e. The summed E-state index contributed by atoms with van der Waals surface area (Å²) in [5.41, 5.74) is -4.04. The van der Waals surface area contributed by atoms with Crippen LogP contribution in [0.4, 0.5) is 14.4 Å². The summed E-state index contributed by atoms with van der Waals surface area (Å²) in [5.74, 6) is -1.88. The molecule has 244 valence electrons. The third-order valence-electron chi connectivity index (χ3n) is 6.59. The molecule has 0 aliphatic heterocycles. The SMILES string of the molecule is CCC(C)N[C@@](Cc1ccc(OC(=O)OC(C)(C)CC)c(OC(=O)OC(C)(C)CC)c1)(OC(=O)OCC(C)(C)C)C(=O)O. The largest absolute Gasteiger partial charge is 0.514 e. The van der Waals surface area contributed by atoms with Gasteiger partial charge in [0.05, 0.1) is 6.61 Å². The molecule has 0 amide bonds. The Morgan fingerprint density at radius 3 is 1.74 bits per heavy atom. The van der Waals surface area contributed by atoms with Gasteiger partial charge in [0.2, 0.25) is 0 Å². The molecule has 1 aromatic carbocycles. The fourth-order valence-corrected chi connectivity index (χ4v) is 3.18.